The molecule has 1 spiro atoms. The molecule has 0 saturated carbocycles. The molecule has 1 atom stereocenters. The third-order valence-corrected chi connectivity index (χ3v) is 5.54. The van der Waals surface area contributed by atoms with Crippen LogP contribution < -0.4 is 0 Å². The van der Waals surface area contributed by atoms with Crippen LogP contribution in [-0.2, 0) is 16.1 Å². The molecular formula is C21H23FN2O3. The number of ether oxygens (including phenoxy) is 2. The van der Waals surface area contributed by atoms with E-state index < -0.39 is 5.82 Å². The number of aromatic nitrogens is 1. The first kappa shape index (κ1) is 18.1. The number of carbonyl (C=O) groups excluding carboxylic acids is 1. The topological polar surface area (TPSA) is 51.7 Å². The van der Waals surface area contributed by atoms with Crippen molar-refractivity contribution in [1.29, 1.82) is 0 Å². The number of carbonyl (C=O) groups is 1. The fraction of sp³-hybridized carbons (Fsp3) is 0.429. The lowest BCUT2D eigenvalue weighted by molar-refractivity contribution is -0.120. The number of benzene rings is 1. The van der Waals surface area contributed by atoms with E-state index in [-0.39, 0.29) is 17.1 Å². The van der Waals surface area contributed by atoms with Gasteiger partial charge in [-0.15, -0.1) is 0 Å². The molecule has 0 radical (unpaired) electrons. The zero-order valence-electron chi connectivity index (χ0n) is 15.1. The van der Waals surface area contributed by atoms with E-state index in [9.17, 15) is 9.18 Å². The van der Waals surface area contributed by atoms with E-state index in [1.165, 1.54) is 12.1 Å². The molecule has 2 fully saturated rings. The second-order valence-electron chi connectivity index (χ2n) is 7.24. The monoisotopic (exact) mass is 370 g/mol. The Morgan fingerprint density at radius 3 is 2.81 bits per heavy atom. The summed E-state index contributed by atoms with van der Waals surface area (Å²) in [5.41, 5.74) is 0.941. The zero-order valence-corrected chi connectivity index (χ0v) is 15.1. The summed E-state index contributed by atoms with van der Waals surface area (Å²) in [7, 11) is 0. The maximum atomic E-state index is 13.9. The molecule has 0 aliphatic carbocycles. The second kappa shape index (κ2) is 7.74. The Labute approximate surface area is 158 Å². The molecule has 2 aromatic rings. The van der Waals surface area contributed by atoms with Crippen LogP contribution in [-0.4, -0.2) is 47.7 Å². The summed E-state index contributed by atoms with van der Waals surface area (Å²) in [6.07, 6.45) is 5.38. The maximum Gasteiger partial charge on any atom is 0.257 e. The van der Waals surface area contributed by atoms with Crippen LogP contribution in [0.4, 0.5) is 4.39 Å². The van der Waals surface area contributed by atoms with Gasteiger partial charge in [-0.05, 0) is 48.6 Å². The van der Waals surface area contributed by atoms with Crippen LogP contribution in [0.5, 0.6) is 0 Å². The number of nitrogens with zero attached hydrogens (tertiary/aromatic N) is 2. The molecule has 2 saturated heterocycles. The van der Waals surface area contributed by atoms with Crippen molar-refractivity contribution in [1.82, 2.24) is 9.88 Å². The highest BCUT2D eigenvalue weighted by Crippen LogP contribution is 2.42. The quantitative estimate of drug-likeness (QED) is 0.734. The molecular weight excluding hydrogens is 347 g/mol. The molecule has 27 heavy (non-hydrogen) atoms. The molecule has 5 nitrogen and oxygen atoms in total. The van der Waals surface area contributed by atoms with Gasteiger partial charge in [0.05, 0.1) is 25.3 Å². The Kier molecular flexibility index (Phi) is 5.18. The normalized spacial score (nSPS) is 20.6. The number of amides is 1. The molecule has 2 aliphatic heterocycles. The number of hydrogen-bond donors (Lipinski definition) is 0. The average molecular weight is 370 g/mol. The van der Waals surface area contributed by atoms with Gasteiger partial charge < -0.3 is 14.4 Å². The Morgan fingerprint density at radius 1 is 1.26 bits per heavy atom. The van der Waals surface area contributed by atoms with Gasteiger partial charge >= 0.3 is 0 Å². The first-order valence-electron chi connectivity index (χ1n) is 9.32. The van der Waals surface area contributed by atoms with Crippen molar-refractivity contribution in [3.8, 4) is 0 Å². The van der Waals surface area contributed by atoms with Gasteiger partial charge in [0.1, 0.15) is 11.4 Å². The lowest BCUT2D eigenvalue weighted by Crippen LogP contribution is -2.66. The van der Waals surface area contributed by atoms with Crippen LogP contribution in [0.15, 0.2) is 48.8 Å². The first-order chi connectivity index (χ1) is 13.2. The predicted molar refractivity (Wildman–Crippen MR) is 97.6 cm³/mol. The van der Waals surface area contributed by atoms with Gasteiger partial charge in [0.2, 0.25) is 0 Å². The summed E-state index contributed by atoms with van der Waals surface area (Å²) < 4.78 is 25.6. The predicted octanol–water partition coefficient (Wildman–Crippen LogP) is 3.06. The molecule has 1 unspecified atom stereocenters. The number of hydrogen-bond acceptors (Lipinski definition) is 4. The van der Waals surface area contributed by atoms with Crippen LogP contribution in [0.25, 0.3) is 0 Å². The van der Waals surface area contributed by atoms with E-state index in [0.29, 0.717) is 38.8 Å². The van der Waals surface area contributed by atoms with Crippen LogP contribution >= 0.6 is 0 Å². The lowest BCUT2D eigenvalue weighted by Gasteiger charge is -2.50. The molecule has 3 heterocycles. The minimum absolute atomic E-state index is 0.127. The van der Waals surface area contributed by atoms with Crippen LogP contribution in [0.3, 0.4) is 0 Å². The van der Waals surface area contributed by atoms with E-state index in [0.717, 1.165) is 18.4 Å². The minimum Gasteiger partial charge on any atom is -0.377 e. The van der Waals surface area contributed by atoms with Gasteiger partial charge in [-0.25, -0.2) is 4.39 Å². The Bertz CT molecular complexity index is 793. The lowest BCUT2D eigenvalue weighted by atomic mass is 9.79. The minimum atomic E-state index is -0.475. The summed E-state index contributed by atoms with van der Waals surface area (Å²) in [5.74, 6) is -0.377. The largest absolute Gasteiger partial charge is 0.377 e. The molecule has 6 heteroatoms. The van der Waals surface area contributed by atoms with E-state index >= 15 is 0 Å². The molecule has 1 amide bonds. The Hall–Kier alpha value is -2.31. The molecule has 0 bridgehead atoms. The highest BCUT2D eigenvalue weighted by molar-refractivity contribution is 5.95. The third-order valence-electron chi connectivity index (χ3n) is 5.54. The highest BCUT2D eigenvalue weighted by atomic mass is 19.1. The zero-order chi connectivity index (χ0) is 18.7. The van der Waals surface area contributed by atoms with E-state index in [2.05, 4.69) is 4.98 Å². The van der Waals surface area contributed by atoms with Crippen molar-refractivity contribution < 1.29 is 18.7 Å². The molecule has 0 N–H and O–H groups in total. The molecule has 4 rings (SSSR count). The summed E-state index contributed by atoms with van der Waals surface area (Å²) in [6.45, 7) is 2.97. The van der Waals surface area contributed by atoms with Crippen LogP contribution in [0.2, 0.25) is 0 Å². The van der Waals surface area contributed by atoms with Gasteiger partial charge in [-0.3, -0.25) is 9.78 Å². The van der Waals surface area contributed by atoms with Crippen molar-refractivity contribution in [3.05, 3.63) is 65.7 Å². The van der Waals surface area contributed by atoms with Crippen molar-refractivity contribution in [2.24, 2.45) is 5.92 Å². The SMILES string of the molecule is O=C(c1ccccc1F)N1CC2(C1)OCCC2CCOCc1ccncc1. The number of rotatable bonds is 6. The van der Waals surface area contributed by atoms with Crippen LogP contribution in [0.1, 0.15) is 28.8 Å². The first-order valence-corrected chi connectivity index (χ1v) is 9.32. The van der Waals surface area contributed by atoms with Crippen molar-refractivity contribution >= 4 is 5.91 Å². The highest BCUT2D eigenvalue weighted by Gasteiger charge is 2.54. The fourth-order valence-corrected chi connectivity index (χ4v) is 3.99. The van der Waals surface area contributed by atoms with Crippen molar-refractivity contribution in [2.75, 3.05) is 26.3 Å². The maximum absolute atomic E-state index is 13.9. The second-order valence-corrected chi connectivity index (χ2v) is 7.24. The number of pyridine rings is 1. The average Bonchev–Trinajstić information content (AvgIpc) is 3.09. The van der Waals surface area contributed by atoms with Gasteiger partial charge in [-0.2, -0.15) is 0 Å². The fourth-order valence-electron chi connectivity index (χ4n) is 3.99. The van der Waals surface area contributed by atoms with Crippen LogP contribution in [0, 0.1) is 11.7 Å². The number of halogens is 1. The van der Waals surface area contributed by atoms with E-state index in [1.807, 2.05) is 12.1 Å². The Morgan fingerprint density at radius 2 is 2.04 bits per heavy atom. The van der Waals surface area contributed by atoms with E-state index in [4.69, 9.17) is 9.47 Å². The van der Waals surface area contributed by atoms with Gasteiger partial charge in [0.15, 0.2) is 0 Å². The van der Waals surface area contributed by atoms with Gasteiger partial charge in [0, 0.05) is 25.6 Å². The Balaban J connectivity index is 1.28. The van der Waals surface area contributed by atoms with Gasteiger partial charge in [0.25, 0.3) is 5.91 Å². The number of likely N-dealkylation sites (tertiary alicyclic amines) is 1. The van der Waals surface area contributed by atoms with Gasteiger partial charge in [-0.1, -0.05) is 12.1 Å². The standard InChI is InChI=1S/C21H23FN2O3/c22-19-4-2-1-3-18(19)20(25)24-14-21(15-24)17(8-12-27-21)7-11-26-13-16-5-9-23-10-6-16/h1-6,9-10,17H,7-8,11-15H2. The summed E-state index contributed by atoms with van der Waals surface area (Å²) in [5, 5.41) is 0. The molecule has 2 aliphatic rings. The van der Waals surface area contributed by atoms with Crippen molar-refractivity contribution in [3.63, 3.8) is 0 Å². The van der Waals surface area contributed by atoms with Crippen molar-refractivity contribution in [2.45, 2.75) is 25.0 Å². The summed E-state index contributed by atoms with van der Waals surface area (Å²) >= 11 is 0. The molecule has 1 aromatic carbocycles. The molecule has 1 aromatic heterocycles. The van der Waals surface area contributed by atoms with E-state index in [1.54, 1.807) is 29.4 Å². The summed E-state index contributed by atoms with van der Waals surface area (Å²) in [6, 6.07) is 10.0. The molecule has 142 valence electrons. The smallest absolute Gasteiger partial charge is 0.257 e. The third kappa shape index (κ3) is 3.73. The summed E-state index contributed by atoms with van der Waals surface area (Å²) in [4.78, 5) is 18.2.